The van der Waals surface area contributed by atoms with E-state index < -0.39 is 0 Å². The summed E-state index contributed by atoms with van der Waals surface area (Å²) in [7, 11) is 0. The van der Waals surface area contributed by atoms with Crippen molar-refractivity contribution in [1.29, 1.82) is 0 Å². The number of hydrogen-bond donors (Lipinski definition) is 2. The van der Waals surface area contributed by atoms with Crippen LogP contribution >= 0.6 is 0 Å². The van der Waals surface area contributed by atoms with Gasteiger partial charge in [-0.05, 0) is 43.6 Å². The number of aromatic amines is 1. The van der Waals surface area contributed by atoms with Gasteiger partial charge in [-0.25, -0.2) is 0 Å². The molecule has 5 heteroatoms. The molecule has 2 fully saturated rings. The molecule has 2 aliphatic rings. The Balaban J connectivity index is 1.62. The third-order valence-corrected chi connectivity index (χ3v) is 6.06. The predicted molar refractivity (Wildman–Crippen MR) is 89.4 cm³/mol. The van der Waals surface area contributed by atoms with Gasteiger partial charge >= 0.3 is 0 Å². The van der Waals surface area contributed by atoms with E-state index in [1.165, 1.54) is 32.1 Å². The van der Waals surface area contributed by atoms with Gasteiger partial charge in [-0.1, -0.05) is 26.2 Å². The average Bonchev–Trinajstić information content (AvgIpc) is 3.12. The van der Waals surface area contributed by atoms with Crippen LogP contribution in [0.2, 0.25) is 0 Å². The number of rotatable bonds is 4. The zero-order valence-corrected chi connectivity index (χ0v) is 14.2. The van der Waals surface area contributed by atoms with E-state index in [4.69, 9.17) is 0 Å². The number of nitrogens with one attached hydrogen (secondary N) is 1. The topological polar surface area (TPSA) is 69.2 Å². The average molecular weight is 319 g/mol. The van der Waals surface area contributed by atoms with Crippen molar-refractivity contribution in [2.24, 2.45) is 5.41 Å². The highest BCUT2D eigenvalue weighted by molar-refractivity contribution is 5.92. The Morgan fingerprint density at radius 3 is 2.65 bits per heavy atom. The van der Waals surface area contributed by atoms with E-state index in [1.807, 2.05) is 11.0 Å². The van der Waals surface area contributed by atoms with Crippen LogP contribution in [0.5, 0.6) is 0 Å². The second-order valence-corrected chi connectivity index (χ2v) is 7.35. The Hall–Kier alpha value is -1.36. The second kappa shape index (κ2) is 7.04. The SMILES string of the molecule is CCC1(CO)CCN(C(=O)c2cc(C3CCCCC3)[nH]n2)CC1. The van der Waals surface area contributed by atoms with Crippen molar-refractivity contribution in [3.8, 4) is 0 Å². The lowest BCUT2D eigenvalue weighted by Crippen LogP contribution is -2.44. The van der Waals surface area contributed by atoms with Crippen LogP contribution in [-0.2, 0) is 0 Å². The molecule has 128 valence electrons. The molecular formula is C18H29N3O2. The van der Waals surface area contributed by atoms with Crippen molar-refractivity contribution in [2.45, 2.75) is 64.2 Å². The summed E-state index contributed by atoms with van der Waals surface area (Å²) in [6, 6.07) is 1.96. The minimum atomic E-state index is 0.00954. The van der Waals surface area contributed by atoms with Crippen molar-refractivity contribution in [1.82, 2.24) is 15.1 Å². The highest BCUT2D eigenvalue weighted by atomic mass is 16.3. The molecular weight excluding hydrogens is 290 g/mol. The summed E-state index contributed by atoms with van der Waals surface area (Å²) in [6.07, 6.45) is 9.02. The molecule has 1 aromatic rings. The van der Waals surface area contributed by atoms with Gasteiger partial charge in [0.05, 0.1) is 0 Å². The van der Waals surface area contributed by atoms with Crippen molar-refractivity contribution in [3.63, 3.8) is 0 Å². The number of piperidine rings is 1. The maximum absolute atomic E-state index is 12.7. The fraction of sp³-hybridized carbons (Fsp3) is 0.778. The fourth-order valence-electron chi connectivity index (χ4n) is 4.04. The highest BCUT2D eigenvalue weighted by Crippen LogP contribution is 2.35. The summed E-state index contributed by atoms with van der Waals surface area (Å²) < 4.78 is 0. The van der Waals surface area contributed by atoms with Crippen LogP contribution in [-0.4, -0.2) is 45.8 Å². The number of hydrogen-bond acceptors (Lipinski definition) is 3. The quantitative estimate of drug-likeness (QED) is 0.896. The molecule has 0 unspecified atom stereocenters. The molecule has 1 amide bonds. The molecule has 1 saturated carbocycles. The first-order valence-electron chi connectivity index (χ1n) is 9.13. The first kappa shape index (κ1) is 16.5. The van der Waals surface area contributed by atoms with Gasteiger partial charge in [0.15, 0.2) is 0 Å². The van der Waals surface area contributed by atoms with Crippen LogP contribution in [0.15, 0.2) is 6.07 Å². The Labute approximate surface area is 138 Å². The van der Waals surface area contributed by atoms with Gasteiger partial charge in [-0.15, -0.1) is 0 Å². The summed E-state index contributed by atoms with van der Waals surface area (Å²) in [5.74, 6) is 0.576. The highest BCUT2D eigenvalue weighted by Gasteiger charge is 2.34. The van der Waals surface area contributed by atoms with Crippen molar-refractivity contribution >= 4 is 5.91 Å². The van der Waals surface area contributed by atoms with E-state index in [9.17, 15) is 9.90 Å². The lowest BCUT2D eigenvalue weighted by molar-refractivity contribution is 0.0334. The molecule has 2 N–H and O–H groups in total. The monoisotopic (exact) mass is 319 g/mol. The van der Waals surface area contributed by atoms with Crippen LogP contribution < -0.4 is 0 Å². The molecule has 0 spiro atoms. The number of aliphatic hydroxyl groups excluding tert-OH is 1. The van der Waals surface area contributed by atoms with Crippen molar-refractivity contribution in [2.75, 3.05) is 19.7 Å². The third-order valence-electron chi connectivity index (χ3n) is 6.06. The first-order valence-corrected chi connectivity index (χ1v) is 9.13. The minimum Gasteiger partial charge on any atom is -0.396 e. The number of H-pyrrole nitrogens is 1. The largest absolute Gasteiger partial charge is 0.396 e. The lowest BCUT2D eigenvalue weighted by Gasteiger charge is -2.40. The van der Waals surface area contributed by atoms with Crippen LogP contribution in [0, 0.1) is 5.41 Å². The molecule has 23 heavy (non-hydrogen) atoms. The summed E-state index contributed by atoms with van der Waals surface area (Å²) in [5.41, 5.74) is 1.69. The summed E-state index contributed by atoms with van der Waals surface area (Å²) in [6.45, 7) is 3.79. The van der Waals surface area contributed by atoms with Gasteiger partial charge in [0.25, 0.3) is 5.91 Å². The number of carbonyl (C=O) groups excluding carboxylic acids is 1. The maximum atomic E-state index is 12.7. The molecule has 0 bridgehead atoms. The first-order chi connectivity index (χ1) is 11.2. The number of carbonyl (C=O) groups is 1. The Kier molecular flexibility index (Phi) is 5.05. The van der Waals surface area contributed by atoms with Crippen molar-refractivity contribution in [3.05, 3.63) is 17.5 Å². The van der Waals surface area contributed by atoms with Gasteiger partial charge in [0.2, 0.25) is 0 Å². The van der Waals surface area contributed by atoms with Gasteiger partial charge in [0, 0.05) is 31.3 Å². The zero-order chi connectivity index (χ0) is 16.3. The molecule has 1 aliphatic carbocycles. The molecule has 0 radical (unpaired) electrons. The third kappa shape index (κ3) is 3.44. The predicted octanol–water partition coefficient (Wildman–Crippen LogP) is 3.08. The van der Waals surface area contributed by atoms with E-state index in [2.05, 4.69) is 17.1 Å². The normalized spacial score (nSPS) is 22.3. The summed E-state index contributed by atoms with van der Waals surface area (Å²) in [5, 5.41) is 17.0. The molecule has 0 aromatic carbocycles. The summed E-state index contributed by atoms with van der Waals surface area (Å²) >= 11 is 0. The molecule has 0 atom stereocenters. The van der Waals surface area contributed by atoms with E-state index in [1.54, 1.807) is 0 Å². The van der Waals surface area contributed by atoms with Crippen LogP contribution in [0.3, 0.4) is 0 Å². The molecule has 5 nitrogen and oxygen atoms in total. The zero-order valence-electron chi connectivity index (χ0n) is 14.2. The minimum absolute atomic E-state index is 0.00954. The molecule has 2 heterocycles. The Bertz CT molecular complexity index is 520. The molecule has 3 rings (SSSR count). The molecule has 1 saturated heterocycles. The molecule has 1 aromatic heterocycles. The second-order valence-electron chi connectivity index (χ2n) is 7.35. The van der Waals surface area contributed by atoms with E-state index >= 15 is 0 Å². The Morgan fingerprint density at radius 2 is 2.04 bits per heavy atom. The number of amides is 1. The van der Waals surface area contributed by atoms with E-state index in [0.717, 1.165) is 38.0 Å². The van der Waals surface area contributed by atoms with Gasteiger partial charge in [-0.2, -0.15) is 5.10 Å². The Morgan fingerprint density at radius 1 is 1.35 bits per heavy atom. The van der Waals surface area contributed by atoms with Crippen molar-refractivity contribution < 1.29 is 9.90 Å². The van der Waals surface area contributed by atoms with Gasteiger partial charge in [0.1, 0.15) is 5.69 Å². The van der Waals surface area contributed by atoms with Gasteiger partial charge in [-0.3, -0.25) is 9.89 Å². The van der Waals surface area contributed by atoms with Crippen LogP contribution in [0.4, 0.5) is 0 Å². The number of aromatic nitrogens is 2. The number of likely N-dealkylation sites (tertiary alicyclic amines) is 1. The van der Waals surface area contributed by atoms with E-state index in [0.29, 0.717) is 11.6 Å². The number of aliphatic hydroxyl groups is 1. The smallest absolute Gasteiger partial charge is 0.274 e. The van der Waals surface area contributed by atoms with Gasteiger partial charge < -0.3 is 10.0 Å². The lowest BCUT2D eigenvalue weighted by atomic mass is 9.77. The fourth-order valence-corrected chi connectivity index (χ4v) is 4.04. The summed E-state index contributed by atoms with van der Waals surface area (Å²) in [4.78, 5) is 14.6. The van der Waals surface area contributed by atoms with Crippen LogP contribution in [0.25, 0.3) is 0 Å². The van der Waals surface area contributed by atoms with E-state index in [-0.39, 0.29) is 17.9 Å². The number of nitrogens with zero attached hydrogens (tertiary/aromatic N) is 2. The standard InChI is InChI=1S/C18H29N3O2/c1-2-18(13-22)8-10-21(11-9-18)17(23)16-12-15(19-20-16)14-6-4-3-5-7-14/h12,14,22H,2-11,13H2,1H3,(H,19,20). The maximum Gasteiger partial charge on any atom is 0.274 e. The van der Waals surface area contributed by atoms with Crippen LogP contribution in [0.1, 0.15) is 80.4 Å². The molecule has 1 aliphatic heterocycles.